The van der Waals surface area contributed by atoms with Crippen LogP contribution in [0, 0.1) is 0 Å². The molecule has 33 heavy (non-hydrogen) atoms. The number of piperazine rings is 1. The highest BCUT2D eigenvalue weighted by Crippen LogP contribution is 2.23. The van der Waals surface area contributed by atoms with E-state index in [0.29, 0.717) is 11.3 Å². The second-order valence-electron chi connectivity index (χ2n) is 9.54. The number of benzene rings is 2. The Bertz CT molecular complexity index is 1080. The van der Waals surface area contributed by atoms with Gasteiger partial charge in [-0.05, 0) is 46.9 Å². The first-order valence-electron chi connectivity index (χ1n) is 11.4. The van der Waals surface area contributed by atoms with E-state index in [1.54, 1.807) is 6.20 Å². The molecule has 0 spiro atoms. The van der Waals surface area contributed by atoms with Crippen molar-refractivity contribution in [3.63, 3.8) is 0 Å². The Kier molecular flexibility index (Phi) is 7.01. The highest BCUT2D eigenvalue weighted by atomic mass is 35.5. The molecule has 1 saturated heterocycles. The first kappa shape index (κ1) is 23.3. The van der Waals surface area contributed by atoms with Gasteiger partial charge in [0, 0.05) is 43.3 Å². The van der Waals surface area contributed by atoms with Gasteiger partial charge in [-0.15, -0.1) is 0 Å². The third-order valence-electron chi connectivity index (χ3n) is 6.07. The van der Waals surface area contributed by atoms with Crippen LogP contribution in [0.1, 0.15) is 42.3 Å². The van der Waals surface area contributed by atoms with E-state index in [9.17, 15) is 4.79 Å². The van der Waals surface area contributed by atoms with Gasteiger partial charge in [-0.1, -0.05) is 62.7 Å². The van der Waals surface area contributed by atoms with Crippen LogP contribution in [0.4, 0.5) is 11.5 Å². The van der Waals surface area contributed by atoms with Crippen LogP contribution in [0.25, 0.3) is 0 Å². The van der Waals surface area contributed by atoms with E-state index < -0.39 is 0 Å². The summed E-state index contributed by atoms with van der Waals surface area (Å²) in [7, 11) is 0. The van der Waals surface area contributed by atoms with Gasteiger partial charge in [0.05, 0.1) is 11.9 Å². The molecule has 3 aromatic rings. The Morgan fingerprint density at radius 2 is 1.67 bits per heavy atom. The van der Waals surface area contributed by atoms with Crippen molar-refractivity contribution in [1.82, 2.24) is 9.88 Å². The average molecular weight is 463 g/mol. The smallest absolute Gasteiger partial charge is 0.255 e. The largest absolute Gasteiger partial charge is 0.354 e. The van der Waals surface area contributed by atoms with Crippen molar-refractivity contribution < 1.29 is 4.79 Å². The minimum absolute atomic E-state index is 0.0643. The van der Waals surface area contributed by atoms with Crippen LogP contribution in [-0.4, -0.2) is 42.0 Å². The third-order valence-corrected chi connectivity index (χ3v) is 6.44. The van der Waals surface area contributed by atoms with Gasteiger partial charge in [0.25, 0.3) is 5.91 Å². The van der Waals surface area contributed by atoms with E-state index in [0.717, 1.165) is 43.6 Å². The van der Waals surface area contributed by atoms with Crippen molar-refractivity contribution in [2.45, 2.75) is 32.7 Å². The maximum Gasteiger partial charge on any atom is 0.255 e. The fourth-order valence-corrected chi connectivity index (χ4v) is 4.17. The zero-order chi connectivity index (χ0) is 23.4. The number of halogens is 1. The molecule has 5 nitrogen and oxygen atoms in total. The Balaban J connectivity index is 1.30. The summed E-state index contributed by atoms with van der Waals surface area (Å²) in [5.74, 6) is 0.804. The van der Waals surface area contributed by atoms with Crippen LogP contribution in [0.15, 0.2) is 66.9 Å². The highest BCUT2D eigenvalue weighted by Gasteiger charge is 2.19. The number of pyridine rings is 1. The summed E-state index contributed by atoms with van der Waals surface area (Å²) in [6, 6.07) is 19.7. The van der Waals surface area contributed by atoms with Gasteiger partial charge in [0.1, 0.15) is 5.82 Å². The van der Waals surface area contributed by atoms with Gasteiger partial charge in [-0.2, -0.15) is 0 Å². The summed E-state index contributed by atoms with van der Waals surface area (Å²) in [5, 5.41) is 3.77. The average Bonchev–Trinajstić information content (AvgIpc) is 2.81. The molecule has 1 N–H and O–H groups in total. The quantitative estimate of drug-likeness (QED) is 0.535. The fraction of sp³-hybridized carbons (Fsp3) is 0.333. The van der Waals surface area contributed by atoms with Gasteiger partial charge < -0.3 is 10.2 Å². The zero-order valence-electron chi connectivity index (χ0n) is 19.5. The summed E-state index contributed by atoms with van der Waals surface area (Å²) in [4.78, 5) is 21.9. The van der Waals surface area contributed by atoms with Crippen molar-refractivity contribution in [2.24, 2.45) is 0 Å². The van der Waals surface area contributed by atoms with Crippen molar-refractivity contribution in [1.29, 1.82) is 0 Å². The SMILES string of the molecule is CC(C)(C)c1ccc(C(=O)Nc2ccc(N3CCN(Cc4ccccc4Cl)CC3)nc2)cc1. The lowest BCUT2D eigenvalue weighted by Gasteiger charge is -2.35. The normalized spacial score (nSPS) is 14.8. The topological polar surface area (TPSA) is 48.5 Å². The zero-order valence-corrected chi connectivity index (χ0v) is 20.3. The molecule has 6 heteroatoms. The van der Waals surface area contributed by atoms with Crippen LogP contribution in [-0.2, 0) is 12.0 Å². The van der Waals surface area contributed by atoms with Crippen molar-refractivity contribution in [2.75, 3.05) is 36.4 Å². The van der Waals surface area contributed by atoms with E-state index in [1.807, 2.05) is 54.6 Å². The molecule has 1 aliphatic rings. The Labute approximate surface area is 201 Å². The van der Waals surface area contributed by atoms with Crippen LogP contribution >= 0.6 is 11.6 Å². The monoisotopic (exact) mass is 462 g/mol. The molecule has 0 aliphatic carbocycles. The Morgan fingerprint density at radius 1 is 0.970 bits per heavy atom. The predicted molar refractivity (Wildman–Crippen MR) is 136 cm³/mol. The molecule has 4 rings (SSSR count). The lowest BCUT2D eigenvalue weighted by Crippen LogP contribution is -2.46. The number of carbonyl (C=O) groups excluding carboxylic acids is 1. The molecule has 2 aromatic carbocycles. The van der Waals surface area contributed by atoms with E-state index in [-0.39, 0.29) is 11.3 Å². The van der Waals surface area contributed by atoms with E-state index >= 15 is 0 Å². The number of aromatic nitrogens is 1. The number of amides is 1. The molecular formula is C27H31ClN4O. The fourth-order valence-electron chi connectivity index (χ4n) is 3.97. The third kappa shape index (κ3) is 5.92. The molecule has 0 saturated carbocycles. The number of nitrogens with zero attached hydrogens (tertiary/aromatic N) is 3. The summed E-state index contributed by atoms with van der Waals surface area (Å²) in [6.45, 7) is 11.1. The van der Waals surface area contributed by atoms with Crippen LogP contribution < -0.4 is 10.2 Å². The lowest BCUT2D eigenvalue weighted by atomic mass is 9.87. The number of carbonyl (C=O) groups is 1. The molecule has 1 amide bonds. The minimum atomic E-state index is -0.127. The summed E-state index contributed by atoms with van der Waals surface area (Å²) in [5.41, 5.74) is 3.77. The number of rotatable bonds is 5. The maximum atomic E-state index is 12.6. The first-order valence-corrected chi connectivity index (χ1v) is 11.8. The van der Waals surface area contributed by atoms with Crippen LogP contribution in [0.5, 0.6) is 0 Å². The number of hydrogen-bond acceptors (Lipinski definition) is 4. The molecule has 1 aromatic heterocycles. The van der Waals surface area contributed by atoms with Gasteiger partial charge in [-0.3, -0.25) is 9.69 Å². The molecule has 0 radical (unpaired) electrons. The van der Waals surface area contributed by atoms with Gasteiger partial charge >= 0.3 is 0 Å². The van der Waals surface area contributed by atoms with E-state index in [1.165, 1.54) is 11.1 Å². The second kappa shape index (κ2) is 9.94. The standard InChI is InChI=1S/C27H31ClN4O/c1-27(2,3)22-10-8-20(9-11-22)26(33)30-23-12-13-25(29-18-23)32-16-14-31(15-17-32)19-21-6-4-5-7-24(21)28/h4-13,18H,14-17,19H2,1-3H3,(H,30,33). The van der Waals surface area contributed by atoms with Gasteiger partial charge in [0.2, 0.25) is 0 Å². The molecular weight excluding hydrogens is 432 g/mol. The Hall–Kier alpha value is -2.89. The minimum Gasteiger partial charge on any atom is -0.354 e. The molecule has 0 atom stereocenters. The van der Waals surface area contributed by atoms with E-state index in [2.05, 4.69) is 46.9 Å². The molecule has 1 aliphatic heterocycles. The van der Waals surface area contributed by atoms with Crippen molar-refractivity contribution in [3.8, 4) is 0 Å². The summed E-state index contributed by atoms with van der Waals surface area (Å²) in [6.07, 6.45) is 1.73. The summed E-state index contributed by atoms with van der Waals surface area (Å²) >= 11 is 6.31. The molecule has 0 unspecified atom stereocenters. The molecule has 1 fully saturated rings. The first-order chi connectivity index (χ1) is 15.8. The van der Waals surface area contributed by atoms with Gasteiger partial charge in [0.15, 0.2) is 0 Å². The lowest BCUT2D eigenvalue weighted by molar-refractivity contribution is 0.102. The number of anilines is 2. The van der Waals surface area contributed by atoms with Crippen LogP contribution in [0.2, 0.25) is 5.02 Å². The van der Waals surface area contributed by atoms with Crippen molar-refractivity contribution in [3.05, 3.63) is 88.6 Å². The maximum absolute atomic E-state index is 12.6. The second-order valence-corrected chi connectivity index (χ2v) is 9.95. The number of nitrogens with one attached hydrogen (secondary N) is 1. The van der Waals surface area contributed by atoms with Crippen molar-refractivity contribution >= 4 is 29.0 Å². The van der Waals surface area contributed by atoms with E-state index in [4.69, 9.17) is 11.6 Å². The molecule has 0 bridgehead atoms. The molecule has 172 valence electrons. The highest BCUT2D eigenvalue weighted by molar-refractivity contribution is 6.31. The number of hydrogen-bond donors (Lipinski definition) is 1. The van der Waals surface area contributed by atoms with Gasteiger partial charge in [-0.25, -0.2) is 4.98 Å². The van der Waals surface area contributed by atoms with Crippen LogP contribution in [0.3, 0.4) is 0 Å². The predicted octanol–water partition coefficient (Wildman–Crippen LogP) is 5.61. The summed E-state index contributed by atoms with van der Waals surface area (Å²) < 4.78 is 0. The molecule has 2 heterocycles. The Morgan fingerprint density at radius 3 is 2.27 bits per heavy atom.